The zero-order valence-electron chi connectivity index (χ0n) is 10.4. The van der Waals surface area contributed by atoms with Crippen LogP contribution in [0.3, 0.4) is 0 Å². The van der Waals surface area contributed by atoms with Gasteiger partial charge in [0.25, 0.3) is 0 Å². The number of benzene rings is 1. The molecule has 0 N–H and O–H groups in total. The molecule has 17 heavy (non-hydrogen) atoms. The molecule has 0 bridgehead atoms. The largest absolute Gasteiger partial charge is 0.353 e. The lowest BCUT2D eigenvalue weighted by molar-refractivity contribution is 0.542. The molecule has 0 saturated carbocycles. The summed E-state index contributed by atoms with van der Waals surface area (Å²) in [5, 5.41) is 2.37. The minimum atomic E-state index is -0.112. The molecule has 3 heteroatoms. The number of hydrogen-bond donors (Lipinski definition) is 0. The topological polar surface area (TPSA) is 16.1 Å². The summed E-state index contributed by atoms with van der Waals surface area (Å²) in [7, 11) is 2.04. The van der Waals surface area contributed by atoms with Crippen molar-refractivity contribution < 1.29 is 0 Å². The molecule has 1 aromatic heterocycles. The van der Waals surface area contributed by atoms with Crippen molar-refractivity contribution in [2.24, 2.45) is 0 Å². The lowest BCUT2D eigenvalue weighted by Gasteiger charge is -2.35. The molecular formula is C14H17ClN2. The lowest BCUT2D eigenvalue weighted by atomic mass is 10.1. The minimum Gasteiger partial charge on any atom is -0.353 e. The summed E-state index contributed by atoms with van der Waals surface area (Å²) >= 11 is 6.02. The zero-order chi connectivity index (χ0) is 12.5. The average Bonchev–Trinajstić information content (AvgIpc) is 2.37. The Morgan fingerprint density at radius 3 is 2.65 bits per heavy atom. The molecule has 1 aromatic carbocycles. The van der Waals surface area contributed by atoms with E-state index in [1.54, 1.807) is 0 Å². The van der Waals surface area contributed by atoms with Gasteiger partial charge in [0.1, 0.15) is 5.82 Å². The van der Waals surface area contributed by atoms with Gasteiger partial charge >= 0.3 is 0 Å². The van der Waals surface area contributed by atoms with Gasteiger partial charge in [0.15, 0.2) is 0 Å². The number of rotatable bonds is 3. The van der Waals surface area contributed by atoms with E-state index in [0.717, 1.165) is 11.2 Å². The van der Waals surface area contributed by atoms with Crippen molar-refractivity contribution in [1.29, 1.82) is 0 Å². The smallest absolute Gasteiger partial charge is 0.136 e. The van der Waals surface area contributed by atoms with Crippen LogP contribution in [0.5, 0.6) is 0 Å². The molecule has 0 unspecified atom stereocenters. The Labute approximate surface area is 107 Å². The molecule has 0 aliphatic carbocycles. The standard InChI is InChI=1S/C14H17ClN2/c1-14(2,10-15)17(3)13-12-7-5-4-6-11(12)8-9-16-13/h4-9H,10H2,1-3H3. The number of halogens is 1. The van der Waals surface area contributed by atoms with Crippen molar-refractivity contribution in [2.45, 2.75) is 19.4 Å². The number of fused-ring (bicyclic) bond motifs is 1. The van der Waals surface area contributed by atoms with Gasteiger partial charge in [0, 0.05) is 30.0 Å². The Kier molecular flexibility index (Phi) is 3.25. The third kappa shape index (κ3) is 2.22. The molecule has 1 heterocycles. The first-order chi connectivity index (χ1) is 8.06. The highest BCUT2D eigenvalue weighted by atomic mass is 35.5. The van der Waals surface area contributed by atoms with Crippen molar-refractivity contribution in [1.82, 2.24) is 4.98 Å². The zero-order valence-corrected chi connectivity index (χ0v) is 11.2. The average molecular weight is 249 g/mol. The van der Waals surface area contributed by atoms with E-state index < -0.39 is 0 Å². The molecule has 0 fully saturated rings. The van der Waals surface area contributed by atoms with Gasteiger partial charge in [-0.05, 0) is 25.3 Å². The fraction of sp³-hybridized carbons (Fsp3) is 0.357. The molecule has 0 amide bonds. The third-order valence-electron chi connectivity index (χ3n) is 3.21. The second-order valence-electron chi connectivity index (χ2n) is 4.86. The summed E-state index contributed by atoms with van der Waals surface area (Å²) in [6.45, 7) is 4.23. The van der Waals surface area contributed by atoms with Crippen molar-refractivity contribution in [3.05, 3.63) is 36.5 Å². The molecule has 2 nitrogen and oxygen atoms in total. The fourth-order valence-electron chi connectivity index (χ4n) is 1.75. The normalized spacial score (nSPS) is 11.8. The third-order valence-corrected chi connectivity index (χ3v) is 3.86. The maximum Gasteiger partial charge on any atom is 0.136 e. The Morgan fingerprint density at radius 1 is 1.24 bits per heavy atom. The van der Waals surface area contributed by atoms with E-state index in [9.17, 15) is 0 Å². The van der Waals surface area contributed by atoms with Crippen LogP contribution in [0.1, 0.15) is 13.8 Å². The van der Waals surface area contributed by atoms with Gasteiger partial charge in [0.05, 0.1) is 0 Å². The van der Waals surface area contributed by atoms with E-state index in [1.807, 2.05) is 31.4 Å². The quantitative estimate of drug-likeness (QED) is 0.771. The molecule has 90 valence electrons. The molecule has 0 atom stereocenters. The monoisotopic (exact) mass is 248 g/mol. The Balaban J connectivity index is 2.56. The van der Waals surface area contributed by atoms with Crippen LogP contribution in [0.2, 0.25) is 0 Å². The summed E-state index contributed by atoms with van der Waals surface area (Å²) in [4.78, 5) is 6.63. The molecule has 2 aromatic rings. The Bertz CT molecular complexity index is 517. The fourth-order valence-corrected chi connectivity index (χ4v) is 1.93. The predicted molar refractivity (Wildman–Crippen MR) is 74.9 cm³/mol. The van der Waals surface area contributed by atoms with E-state index in [4.69, 9.17) is 11.6 Å². The number of alkyl halides is 1. The van der Waals surface area contributed by atoms with Crippen LogP contribution >= 0.6 is 11.6 Å². The van der Waals surface area contributed by atoms with Crippen molar-refractivity contribution in [3.8, 4) is 0 Å². The first kappa shape index (κ1) is 12.2. The lowest BCUT2D eigenvalue weighted by Crippen LogP contribution is -2.43. The van der Waals surface area contributed by atoms with E-state index in [1.165, 1.54) is 5.39 Å². The van der Waals surface area contributed by atoms with E-state index in [2.05, 4.69) is 35.9 Å². The maximum atomic E-state index is 6.02. The van der Waals surface area contributed by atoms with E-state index in [0.29, 0.717) is 5.88 Å². The molecular weight excluding hydrogens is 232 g/mol. The molecule has 0 radical (unpaired) electrons. The molecule has 0 saturated heterocycles. The molecule has 2 rings (SSSR count). The summed E-state index contributed by atoms with van der Waals surface area (Å²) in [6.07, 6.45) is 1.85. The summed E-state index contributed by atoms with van der Waals surface area (Å²) in [6, 6.07) is 10.3. The van der Waals surface area contributed by atoms with Gasteiger partial charge in [-0.15, -0.1) is 11.6 Å². The Morgan fingerprint density at radius 2 is 1.94 bits per heavy atom. The van der Waals surface area contributed by atoms with Crippen LogP contribution in [0.25, 0.3) is 10.8 Å². The number of nitrogens with zero attached hydrogens (tertiary/aromatic N) is 2. The predicted octanol–water partition coefficient (Wildman–Crippen LogP) is 3.69. The van der Waals surface area contributed by atoms with Gasteiger partial charge in [-0.25, -0.2) is 4.98 Å². The highest BCUT2D eigenvalue weighted by molar-refractivity contribution is 6.18. The number of hydrogen-bond acceptors (Lipinski definition) is 2. The number of anilines is 1. The highest BCUT2D eigenvalue weighted by Gasteiger charge is 2.24. The summed E-state index contributed by atoms with van der Waals surface area (Å²) in [5.41, 5.74) is -0.112. The van der Waals surface area contributed by atoms with Crippen molar-refractivity contribution >= 4 is 28.2 Å². The molecule has 0 aliphatic rings. The second kappa shape index (κ2) is 4.53. The maximum absolute atomic E-state index is 6.02. The van der Waals surface area contributed by atoms with Crippen LogP contribution in [-0.2, 0) is 0 Å². The van der Waals surface area contributed by atoms with E-state index in [-0.39, 0.29) is 5.54 Å². The van der Waals surface area contributed by atoms with Gasteiger partial charge < -0.3 is 4.90 Å². The number of pyridine rings is 1. The summed E-state index contributed by atoms with van der Waals surface area (Å²) < 4.78 is 0. The van der Waals surface area contributed by atoms with Crippen LogP contribution in [0, 0.1) is 0 Å². The van der Waals surface area contributed by atoms with Crippen LogP contribution in [0.15, 0.2) is 36.5 Å². The van der Waals surface area contributed by atoms with Crippen molar-refractivity contribution in [3.63, 3.8) is 0 Å². The van der Waals surface area contributed by atoms with Gasteiger partial charge in [0.2, 0.25) is 0 Å². The molecule has 0 spiro atoms. The van der Waals surface area contributed by atoms with Crippen LogP contribution < -0.4 is 4.90 Å². The van der Waals surface area contributed by atoms with Crippen LogP contribution in [0.4, 0.5) is 5.82 Å². The first-order valence-electron chi connectivity index (χ1n) is 5.70. The van der Waals surface area contributed by atoms with E-state index >= 15 is 0 Å². The van der Waals surface area contributed by atoms with Gasteiger partial charge in [-0.1, -0.05) is 24.3 Å². The Hall–Kier alpha value is -1.28. The molecule has 0 aliphatic heterocycles. The SMILES string of the molecule is CN(c1nccc2ccccc12)C(C)(C)CCl. The number of aromatic nitrogens is 1. The van der Waals surface area contributed by atoms with Crippen LogP contribution in [-0.4, -0.2) is 23.5 Å². The van der Waals surface area contributed by atoms with Crippen molar-refractivity contribution in [2.75, 3.05) is 17.8 Å². The highest BCUT2D eigenvalue weighted by Crippen LogP contribution is 2.28. The minimum absolute atomic E-state index is 0.112. The van der Waals surface area contributed by atoms with Gasteiger partial charge in [-0.3, -0.25) is 0 Å². The summed E-state index contributed by atoms with van der Waals surface area (Å²) in [5.74, 6) is 1.54. The second-order valence-corrected chi connectivity index (χ2v) is 5.13. The van der Waals surface area contributed by atoms with Gasteiger partial charge in [-0.2, -0.15) is 0 Å². The first-order valence-corrected chi connectivity index (χ1v) is 6.23.